The molecule has 1 amide bonds. The molecule has 3 aliphatic rings. The summed E-state index contributed by atoms with van der Waals surface area (Å²) in [6.07, 6.45) is 5.01. The van der Waals surface area contributed by atoms with E-state index in [4.69, 9.17) is 23.8 Å². The fourth-order valence-corrected chi connectivity index (χ4v) is 7.82. The fourth-order valence-electron chi connectivity index (χ4n) is 7.82. The van der Waals surface area contributed by atoms with Gasteiger partial charge in [-0.05, 0) is 25.5 Å². The number of phenolic OH excluding ortho intramolecular Hbond substituents is 3. The molecule has 0 radical (unpaired) electrons. The number of ketones is 1. The number of methoxy groups -OCH3 is 1. The number of carbonyl (C=O) groups excluding carboxylic acids is 3. The summed E-state index contributed by atoms with van der Waals surface area (Å²) in [6.45, 7) is 12.6. The van der Waals surface area contributed by atoms with Gasteiger partial charge in [-0.25, -0.2) is 0 Å². The largest absolute Gasteiger partial charge is 0.507 e. The smallest absolute Gasteiger partial charge is 0.312 e. The van der Waals surface area contributed by atoms with Gasteiger partial charge in [0.2, 0.25) is 0 Å². The predicted molar refractivity (Wildman–Crippen MR) is 228 cm³/mol. The van der Waals surface area contributed by atoms with Gasteiger partial charge in [-0.3, -0.25) is 14.4 Å². The van der Waals surface area contributed by atoms with Crippen LogP contribution in [-0.4, -0.2) is 93.3 Å². The predicted octanol–water partition coefficient (Wildman–Crippen LogP) is 6.35. The molecule has 3 heterocycles. The third kappa shape index (κ3) is 9.54. The highest BCUT2D eigenvalue weighted by molar-refractivity contribution is 6.23. The van der Waals surface area contributed by atoms with E-state index in [9.17, 15) is 39.9 Å². The zero-order valence-corrected chi connectivity index (χ0v) is 35.8. The maximum atomic E-state index is 14.4. The van der Waals surface area contributed by atoms with Crippen molar-refractivity contribution in [2.75, 3.05) is 19.0 Å². The highest BCUT2D eigenvalue weighted by Crippen LogP contribution is 2.55. The Hall–Kier alpha value is -5.90. The summed E-state index contributed by atoms with van der Waals surface area (Å²) in [4.78, 5) is 46.0. The molecule has 15 nitrogen and oxygen atoms in total. The first-order chi connectivity index (χ1) is 28.8. The highest BCUT2D eigenvalue weighted by Gasteiger charge is 2.50. The van der Waals surface area contributed by atoms with Gasteiger partial charge < -0.3 is 54.6 Å². The topological polar surface area (TPSA) is 223 Å². The number of phenols is 3. The molecule has 0 unspecified atom stereocenters. The van der Waals surface area contributed by atoms with E-state index in [0.29, 0.717) is 6.42 Å². The van der Waals surface area contributed by atoms with Crippen molar-refractivity contribution in [1.82, 2.24) is 0 Å². The number of aliphatic hydroxyl groups excluding tert-OH is 2. The summed E-state index contributed by atoms with van der Waals surface area (Å²) >= 11 is 0. The van der Waals surface area contributed by atoms with Crippen LogP contribution < -0.4 is 10.1 Å². The second-order valence-corrected chi connectivity index (χ2v) is 15.9. The van der Waals surface area contributed by atoms with Crippen LogP contribution in [0.2, 0.25) is 0 Å². The molecule has 9 atom stereocenters. The maximum Gasteiger partial charge on any atom is 0.312 e. The number of oxime groups is 1. The van der Waals surface area contributed by atoms with Crippen LogP contribution in [0.1, 0.15) is 75.5 Å². The summed E-state index contributed by atoms with van der Waals surface area (Å²) in [5.74, 6) is -8.70. The molecule has 0 spiro atoms. The van der Waals surface area contributed by atoms with Gasteiger partial charge in [-0.2, -0.15) is 0 Å². The van der Waals surface area contributed by atoms with Gasteiger partial charge in [-0.15, -0.1) is 0 Å². The van der Waals surface area contributed by atoms with Crippen molar-refractivity contribution in [1.29, 1.82) is 0 Å². The normalized spacial score (nSPS) is 29.4. The average Bonchev–Trinajstić information content (AvgIpc) is 3.50. The van der Waals surface area contributed by atoms with Crippen LogP contribution in [0.25, 0.3) is 10.8 Å². The fraction of sp³-hybridized carbons (Fsp3) is 0.435. The molecule has 0 aliphatic carbocycles. The molecule has 3 aromatic carbocycles. The number of hydrogen-bond acceptors (Lipinski definition) is 14. The molecule has 6 rings (SSSR count). The minimum atomic E-state index is -2.07. The van der Waals surface area contributed by atoms with Crippen molar-refractivity contribution >= 4 is 40.3 Å². The second-order valence-electron chi connectivity index (χ2n) is 15.9. The Morgan fingerprint density at radius 1 is 0.934 bits per heavy atom. The Kier molecular flexibility index (Phi) is 14.5. The number of benzene rings is 3. The molecule has 5 bridgehead atoms. The van der Waals surface area contributed by atoms with Gasteiger partial charge in [-0.1, -0.05) is 81.4 Å². The van der Waals surface area contributed by atoms with Crippen LogP contribution in [0.5, 0.6) is 23.0 Å². The van der Waals surface area contributed by atoms with E-state index in [0.717, 1.165) is 11.8 Å². The Labute approximate surface area is 354 Å². The molecular weight excluding hydrogens is 789 g/mol. The number of nitrogens with one attached hydrogen (secondary N) is 1. The molecule has 6 N–H and O–H groups in total. The monoisotopic (exact) mass is 844 g/mol. The van der Waals surface area contributed by atoms with E-state index in [1.54, 1.807) is 39.8 Å². The molecule has 0 saturated carbocycles. The lowest BCUT2D eigenvalue weighted by Crippen LogP contribution is -2.46. The summed E-state index contributed by atoms with van der Waals surface area (Å²) in [6, 6.07) is 9.50. The van der Waals surface area contributed by atoms with Crippen molar-refractivity contribution in [3.05, 3.63) is 88.7 Å². The number of allylic oxidation sites excluding steroid dienone is 2. The number of hydrogen-bond donors (Lipinski definition) is 6. The van der Waals surface area contributed by atoms with Gasteiger partial charge in [0.05, 0.1) is 53.0 Å². The van der Waals surface area contributed by atoms with Crippen LogP contribution in [0, 0.1) is 30.6 Å². The number of nitrogens with zero attached hydrogens (tertiary/aromatic N) is 1. The van der Waals surface area contributed by atoms with Gasteiger partial charge in [0.15, 0.2) is 5.75 Å². The quantitative estimate of drug-likeness (QED) is 0.0382. The van der Waals surface area contributed by atoms with Crippen LogP contribution in [0.4, 0.5) is 5.69 Å². The Bertz CT molecular complexity index is 2250. The second kappa shape index (κ2) is 19.2. The lowest BCUT2D eigenvalue weighted by molar-refractivity contribution is -0.160. The van der Waals surface area contributed by atoms with Crippen LogP contribution >= 0.6 is 0 Å². The number of aromatic hydroxyl groups is 3. The first-order valence-corrected chi connectivity index (χ1v) is 20.1. The lowest BCUT2D eigenvalue weighted by atomic mass is 9.78. The van der Waals surface area contributed by atoms with E-state index in [1.807, 2.05) is 30.3 Å². The summed E-state index contributed by atoms with van der Waals surface area (Å²) in [5, 5.41) is 64.3. The third-order valence-corrected chi connectivity index (χ3v) is 11.6. The minimum absolute atomic E-state index is 0.0298. The first-order valence-electron chi connectivity index (χ1n) is 20.1. The van der Waals surface area contributed by atoms with Gasteiger partial charge in [0.25, 0.3) is 11.7 Å². The SMILES string of the molecule is CO[C@H]1/C=C/O[C@@]2(C)Oc3c(C)c(O)c4c(O)c(c(C=NOCCc5ccccc5)c(O)c4c3C2=O)NC(=O)/C(C)=C\C=C\[C@H](C)[C@H](O)[C@@H](C)[C@@H](O)[C@H](C)[C@H](OC(C)=O)[C@H]1C. The van der Waals surface area contributed by atoms with E-state index in [2.05, 4.69) is 10.5 Å². The molecule has 0 fully saturated rings. The number of ether oxygens (including phenoxy) is 4. The molecule has 3 aromatic rings. The number of amides is 1. The summed E-state index contributed by atoms with van der Waals surface area (Å²) in [5.41, 5.74) is 0.345. The van der Waals surface area contributed by atoms with E-state index >= 15 is 0 Å². The maximum absolute atomic E-state index is 14.4. The summed E-state index contributed by atoms with van der Waals surface area (Å²) in [7, 11) is 1.43. The number of rotatable bonds is 7. The number of aliphatic hydroxyl groups is 2. The van der Waals surface area contributed by atoms with E-state index in [-0.39, 0.29) is 51.1 Å². The molecule has 328 valence electrons. The average molecular weight is 845 g/mol. The zero-order chi connectivity index (χ0) is 44.9. The van der Waals surface area contributed by atoms with Crippen molar-refractivity contribution in [2.45, 2.75) is 92.0 Å². The zero-order valence-electron chi connectivity index (χ0n) is 35.8. The van der Waals surface area contributed by atoms with Gasteiger partial charge >= 0.3 is 11.8 Å². The molecule has 0 saturated heterocycles. The van der Waals surface area contributed by atoms with Crippen molar-refractivity contribution in [3.63, 3.8) is 0 Å². The minimum Gasteiger partial charge on any atom is -0.507 e. The number of esters is 1. The van der Waals surface area contributed by atoms with E-state index in [1.165, 1.54) is 53.2 Å². The van der Waals surface area contributed by atoms with Crippen molar-refractivity contribution < 1.29 is 63.7 Å². The number of anilines is 1. The highest BCUT2D eigenvalue weighted by atomic mass is 16.7. The van der Waals surface area contributed by atoms with Gasteiger partial charge in [0, 0.05) is 67.6 Å². The van der Waals surface area contributed by atoms with Crippen LogP contribution in [0.15, 0.2) is 71.6 Å². The van der Waals surface area contributed by atoms with Crippen molar-refractivity contribution in [3.8, 4) is 23.0 Å². The molecule has 15 heteroatoms. The van der Waals surface area contributed by atoms with Crippen LogP contribution in [0.3, 0.4) is 0 Å². The number of fused-ring (bicyclic) bond motifs is 14. The molecular formula is C46H56N2O13. The Balaban J connectivity index is 1.67. The summed E-state index contributed by atoms with van der Waals surface area (Å²) < 4.78 is 23.5. The standard InChI is InChI=1S/C46H56N2O13/c1-23-14-13-15-24(2)45(56)48-36-31(22-47-59-21-18-30-16-11-10-12-17-30)40(53)33-34(41(36)54)39(52)28(6)43-35(33)44(55)46(8,61-43)58-20-19-32(57-9)25(3)42(60-29(7)49)27(5)38(51)26(4)37(23)50/h10-17,19-20,22-23,25-27,32,37-38,42,50-54H,18,21H2,1-9H3,(H,48,56)/b14-13+,20-19+,24-15-,47-22?/t23-,25-,26+,27-,32-,37-,38+,42+,46-/m0/s1. The number of carbonyl (C=O) groups is 3. The molecule has 61 heavy (non-hydrogen) atoms. The molecule has 0 aromatic heterocycles. The number of Topliss-reactive ketones (excluding diaryl/α,β-unsaturated/α-hetero) is 1. The van der Waals surface area contributed by atoms with E-state index < -0.39 is 88.8 Å². The Morgan fingerprint density at radius 2 is 1.62 bits per heavy atom. The molecule has 3 aliphatic heterocycles. The van der Waals surface area contributed by atoms with Crippen molar-refractivity contribution in [2.24, 2.45) is 28.8 Å². The van der Waals surface area contributed by atoms with Crippen LogP contribution in [-0.2, 0) is 35.1 Å². The van der Waals surface area contributed by atoms with Gasteiger partial charge in [0.1, 0.15) is 30.0 Å². The third-order valence-electron chi connectivity index (χ3n) is 11.6. The first kappa shape index (κ1) is 46.2. The Morgan fingerprint density at radius 3 is 2.28 bits per heavy atom. The lowest BCUT2D eigenvalue weighted by Gasteiger charge is -2.38.